The van der Waals surface area contributed by atoms with Gasteiger partial charge in [-0.3, -0.25) is 14.2 Å². The number of hydrogen-bond acceptors (Lipinski definition) is 9. The number of carboxylic acids is 1. The topological polar surface area (TPSA) is 140 Å². The van der Waals surface area contributed by atoms with Gasteiger partial charge in [-0.1, -0.05) is 13.8 Å². The minimum atomic E-state index is -1.32. The van der Waals surface area contributed by atoms with Crippen molar-refractivity contribution in [2.24, 2.45) is 5.92 Å². The van der Waals surface area contributed by atoms with E-state index in [-0.39, 0.29) is 28.7 Å². The molecule has 1 fully saturated rings. The first-order valence-electron chi connectivity index (χ1n) is 11.5. The minimum absolute atomic E-state index is 0.0310. The average molecular weight is 501 g/mol. The lowest BCUT2D eigenvalue weighted by Gasteiger charge is -2.39. The van der Waals surface area contributed by atoms with E-state index < -0.39 is 11.4 Å². The number of hydrogen-bond donors (Lipinski definition) is 2. The van der Waals surface area contributed by atoms with Crippen molar-refractivity contribution in [1.82, 2.24) is 24.2 Å². The molecule has 4 heterocycles. The second-order valence-corrected chi connectivity index (χ2v) is 9.45. The number of carbonyl (C=O) groups excluding carboxylic acids is 1. The Bertz CT molecular complexity index is 1330. The van der Waals surface area contributed by atoms with Gasteiger partial charge in [-0.2, -0.15) is 4.37 Å². The molecule has 0 unspecified atom stereocenters. The van der Waals surface area contributed by atoms with E-state index in [1.165, 1.54) is 10.8 Å². The molecule has 4 rings (SSSR count). The van der Waals surface area contributed by atoms with Crippen molar-refractivity contribution in [1.29, 1.82) is 0 Å². The monoisotopic (exact) mass is 500 g/mol. The Morgan fingerprint density at radius 2 is 2.06 bits per heavy atom. The molecule has 1 amide bonds. The van der Waals surface area contributed by atoms with Crippen molar-refractivity contribution in [2.45, 2.75) is 33.6 Å². The summed E-state index contributed by atoms with van der Waals surface area (Å²) in [4.78, 5) is 48.4. The van der Waals surface area contributed by atoms with Crippen LogP contribution in [0.1, 0.15) is 48.4 Å². The highest BCUT2D eigenvalue weighted by Gasteiger charge is 2.34. The third-order valence-corrected chi connectivity index (χ3v) is 6.58. The number of nitrogens with zero attached hydrogens (tertiary/aromatic N) is 5. The number of pyridine rings is 2. The molecule has 3 aromatic rings. The highest BCUT2D eigenvalue weighted by molar-refractivity contribution is 7.08. The average Bonchev–Trinajstić information content (AvgIpc) is 3.26. The van der Waals surface area contributed by atoms with Gasteiger partial charge in [0.15, 0.2) is 5.65 Å². The number of rotatable bonds is 9. The highest BCUT2D eigenvalue weighted by Crippen LogP contribution is 2.28. The molecule has 3 aromatic heterocycles. The van der Waals surface area contributed by atoms with Crippen LogP contribution in [0.25, 0.3) is 16.2 Å². The maximum Gasteiger partial charge on any atom is 0.341 e. The lowest BCUT2D eigenvalue weighted by Crippen LogP contribution is -2.54. The number of ether oxygens (including phenoxy) is 1. The smallest absolute Gasteiger partial charge is 0.341 e. The second-order valence-electron chi connectivity index (χ2n) is 8.72. The molecular weight excluding hydrogens is 472 g/mol. The lowest BCUT2D eigenvalue weighted by atomic mass is 9.98. The van der Waals surface area contributed by atoms with Gasteiger partial charge in [0.1, 0.15) is 17.2 Å². The summed E-state index contributed by atoms with van der Waals surface area (Å²) in [5, 5.41) is 13.1. The van der Waals surface area contributed by atoms with Gasteiger partial charge in [0.25, 0.3) is 0 Å². The van der Waals surface area contributed by atoms with Gasteiger partial charge in [0.2, 0.25) is 16.5 Å². The molecule has 0 aliphatic carbocycles. The molecular formula is C23H28N6O5S. The van der Waals surface area contributed by atoms with Gasteiger partial charge in [-0.25, -0.2) is 14.8 Å². The number of aromatic carboxylic acids is 1. The number of fused-ring (bicyclic) bond motifs is 1. The first-order valence-corrected chi connectivity index (χ1v) is 12.2. The number of carbonyl (C=O) groups is 2. The van der Waals surface area contributed by atoms with E-state index in [1.807, 2.05) is 25.7 Å². The lowest BCUT2D eigenvalue weighted by molar-refractivity contribution is -0.125. The van der Waals surface area contributed by atoms with Crippen LogP contribution in [0.2, 0.25) is 0 Å². The molecule has 35 heavy (non-hydrogen) atoms. The van der Waals surface area contributed by atoms with Crippen molar-refractivity contribution in [3.8, 4) is 5.13 Å². The molecule has 0 atom stereocenters. The number of aryl methyl sites for hydroxylation is 1. The first-order chi connectivity index (χ1) is 16.7. The Morgan fingerprint density at radius 1 is 1.31 bits per heavy atom. The van der Waals surface area contributed by atoms with Crippen molar-refractivity contribution < 1.29 is 19.4 Å². The zero-order valence-electron chi connectivity index (χ0n) is 20.1. The summed E-state index contributed by atoms with van der Waals surface area (Å²) in [5.41, 5.74) is -0.0376. The zero-order valence-corrected chi connectivity index (χ0v) is 20.9. The van der Waals surface area contributed by atoms with Gasteiger partial charge >= 0.3 is 5.97 Å². The minimum Gasteiger partial charge on any atom is -0.477 e. The van der Waals surface area contributed by atoms with E-state index in [4.69, 9.17) is 9.72 Å². The highest BCUT2D eigenvalue weighted by atomic mass is 32.1. The molecule has 1 saturated heterocycles. The van der Waals surface area contributed by atoms with Gasteiger partial charge in [0, 0.05) is 49.9 Å². The number of anilines is 1. The maximum atomic E-state index is 13.0. The second kappa shape index (κ2) is 10.1. The third kappa shape index (κ3) is 4.89. The van der Waals surface area contributed by atoms with Crippen LogP contribution in [0.5, 0.6) is 0 Å². The number of aromatic nitrogens is 4. The maximum absolute atomic E-state index is 13.0. The first kappa shape index (κ1) is 24.7. The van der Waals surface area contributed by atoms with Crippen LogP contribution < -0.4 is 15.6 Å². The molecule has 0 aromatic carbocycles. The van der Waals surface area contributed by atoms with E-state index in [9.17, 15) is 19.5 Å². The molecule has 1 aliphatic rings. The third-order valence-electron chi connectivity index (χ3n) is 5.85. The fourth-order valence-corrected chi connectivity index (χ4v) is 4.65. The summed E-state index contributed by atoms with van der Waals surface area (Å²) in [5.74, 6) is -0.184. The SMILES string of the molecule is CCOCCNC(=O)C1CN(c2cc(C)c3c(=O)c(C(=O)O)cn(-c4nc(C(C)C)ns4)c3n2)C1. The molecule has 0 saturated carbocycles. The van der Waals surface area contributed by atoms with Crippen molar-refractivity contribution in [3.63, 3.8) is 0 Å². The van der Waals surface area contributed by atoms with Crippen molar-refractivity contribution in [3.05, 3.63) is 39.4 Å². The van der Waals surface area contributed by atoms with Crippen LogP contribution in [0, 0.1) is 12.8 Å². The van der Waals surface area contributed by atoms with E-state index in [1.54, 1.807) is 13.0 Å². The Balaban J connectivity index is 1.68. The Labute approximate surface area is 205 Å². The summed E-state index contributed by atoms with van der Waals surface area (Å²) in [7, 11) is 0. The molecule has 1 aliphatic heterocycles. The predicted molar refractivity (Wildman–Crippen MR) is 132 cm³/mol. The van der Waals surface area contributed by atoms with Gasteiger partial charge < -0.3 is 20.1 Å². The summed E-state index contributed by atoms with van der Waals surface area (Å²) in [6, 6.07) is 1.75. The summed E-state index contributed by atoms with van der Waals surface area (Å²) >= 11 is 1.12. The van der Waals surface area contributed by atoms with Crippen LogP contribution in [-0.2, 0) is 9.53 Å². The van der Waals surface area contributed by atoms with Crippen LogP contribution in [-0.4, -0.2) is 68.7 Å². The molecule has 2 N–H and O–H groups in total. The van der Waals surface area contributed by atoms with E-state index >= 15 is 0 Å². The van der Waals surface area contributed by atoms with E-state index in [0.29, 0.717) is 60.8 Å². The largest absolute Gasteiger partial charge is 0.477 e. The van der Waals surface area contributed by atoms with Gasteiger partial charge in [-0.05, 0) is 25.5 Å². The Kier molecular flexibility index (Phi) is 7.13. The molecule has 11 nitrogen and oxygen atoms in total. The number of amides is 1. The Morgan fingerprint density at radius 3 is 2.69 bits per heavy atom. The Hall–Kier alpha value is -3.38. The molecule has 0 spiro atoms. The predicted octanol–water partition coefficient (Wildman–Crippen LogP) is 1.96. The molecule has 12 heteroatoms. The zero-order chi connectivity index (χ0) is 25.3. The number of nitrogens with one attached hydrogen (secondary N) is 1. The van der Waals surface area contributed by atoms with Crippen molar-refractivity contribution >= 4 is 40.3 Å². The fourth-order valence-electron chi connectivity index (χ4n) is 3.86. The molecule has 0 bridgehead atoms. The van der Waals surface area contributed by atoms with Gasteiger partial charge in [-0.15, -0.1) is 0 Å². The van der Waals surface area contributed by atoms with E-state index in [2.05, 4.69) is 14.7 Å². The quantitative estimate of drug-likeness (QED) is 0.422. The number of carboxylic acid groups (broad SMARTS) is 1. The van der Waals surface area contributed by atoms with E-state index in [0.717, 1.165) is 11.5 Å². The normalized spacial score (nSPS) is 13.9. The van der Waals surface area contributed by atoms with Crippen LogP contribution in [0.15, 0.2) is 17.1 Å². The summed E-state index contributed by atoms with van der Waals surface area (Å²) in [6.07, 6.45) is 1.26. The summed E-state index contributed by atoms with van der Waals surface area (Å²) < 4.78 is 11.1. The summed E-state index contributed by atoms with van der Waals surface area (Å²) in [6.45, 7) is 10.1. The molecule has 0 radical (unpaired) electrons. The van der Waals surface area contributed by atoms with Crippen LogP contribution in [0.3, 0.4) is 0 Å². The van der Waals surface area contributed by atoms with Crippen molar-refractivity contribution in [2.75, 3.05) is 37.7 Å². The van der Waals surface area contributed by atoms with Crippen LogP contribution in [0.4, 0.5) is 5.82 Å². The standard InChI is InChI=1S/C23H28N6O5S/c1-5-34-7-6-24-21(31)14-9-28(10-14)16-8-13(4)17-18(30)15(22(32)33)11-29(20(17)25-16)23-26-19(12(2)3)27-35-23/h8,11-12,14H,5-7,9-10H2,1-4H3,(H,24,31)(H,32,33). The van der Waals surface area contributed by atoms with Gasteiger partial charge in [0.05, 0.1) is 17.9 Å². The molecule has 186 valence electrons. The van der Waals surface area contributed by atoms with Crippen LogP contribution >= 0.6 is 11.5 Å². The fraction of sp³-hybridized carbons (Fsp3) is 0.478.